The molecule has 0 bridgehead atoms. The van der Waals surface area contributed by atoms with Gasteiger partial charge in [0.25, 0.3) is 11.8 Å². The Hall–Kier alpha value is -2.66. The van der Waals surface area contributed by atoms with Gasteiger partial charge >= 0.3 is 0 Å². The second-order valence-electron chi connectivity index (χ2n) is 6.70. The van der Waals surface area contributed by atoms with E-state index in [0.29, 0.717) is 18.7 Å². The lowest BCUT2D eigenvalue weighted by molar-refractivity contribution is -0.885. The largest absolute Gasteiger partial charge is 0.355 e. The van der Waals surface area contributed by atoms with Crippen molar-refractivity contribution in [3.8, 4) is 0 Å². The van der Waals surface area contributed by atoms with Crippen LogP contribution in [0.25, 0.3) is 0 Å². The van der Waals surface area contributed by atoms with Crippen LogP contribution in [0.1, 0.15) is 34.3 Å². The summed E-state index contributed by atoms with van der Waals surface area (Å²) >= 11 is 0. The van der Waals surface area contributed by atoms with Crippen molar-refractivity contribution in [2.75, 3.05) is 27.2 Å². The molecule has 0 saturated heterocycles. The fourth-order valence-corrected chi connectivity index (χ4v) is 2.83. The highest BCUT2D eigenvalue weighted by Crippen LogP contribution is 2.12. The highest BCUT2D eigenvalue weighted by Gasteiger charge is 2.13. The quantitative estimate of drug-likeness (QED) is 0.662. The topological polar surface area (TPSA) is 62.6 Å². The maximum Gasteiger partial charge on any atom is 0.275 e. The molecule has 0 spiro atoms. The summed E-state index contributed by atoms with van der Waals surface area (Å²) in [5, 5.41) is 5.62. The lowest BCUT2D eigenvalue weighted by Gasteiger charge is -2.16. The first-order valence-corrected chi connectivity index (χ1v) is 8.93. The van der Waals surface area contributed by atoms with Gasteiger partial charge in [-0.05, 0) is 23.6 Å². The van der Waals surface area contributed by atoms with Crippen LogP contribution < -0.4 is 15.5 Å². The molecular weight excluding hydrogens is 326 g/mol. The SMILES string of the molecule is CNC(=O)c1ccc(C[NH+](C)CC(=O)NC[C@H](C)c2ccccc2)cc1. The van der Waals surface area contributed by atoms with Gasteiger partial charge in [0.1, 0.15) is 6.54 Å². The average molecular weight is 354 g/mol. The molecule has 138 valence electrons. The molecule has 2 amide bonds. The molecule has 5 nitrogen and oxygen atoms in total. The number of amides is 2. The van der Waals surface area contributed by atoms with E-state index >= 15 is 0 Å². The summed E-state index contributed by atoms with van der Waals surface area (Å²) in [6, 6.07) is 17.7. The molecular formula is C21H28N3O2+. The number of carbonyl (C=O) groups excluding carboxylic acids is 2. The third-order valence-corrected chi connectivity index (χ3v) is 4.39. The van der Waals surface area contributed by atoms with Crippen LogP contribution in [0.3, 0.4) is 0 Å². The van der Waals surface area contributed by atoms with Crippen molar-refractivity contribution in [1.82, 2.24) is 10.6 Å². The zero-order chi connectivity index (χ0) is 18.9. The Labute approximate surface area is 155 Å². The first-order valence-electron chi connectivity index (χ1n) is 8.93. The van der Waals surface area contributed by atoms with E-state index in [9.17, 15) is 9.59 Å². The zero-order valence-corrected chi connectivity index (χ0v) is 15.7. The van der Waals surface area contributed by atoms with Crippen molar-refractivity contribution in [1.29, 1.82) is 0 Å². The number of quaternary nitrogens is 1. The molecule has 3 N–H and O–H groups in total. The third-order valence-electron chi connectivity index (χ3n) is 4.39. The Bertz CT molecular complexity index is 714. The van der Waals surface area contributed by atoms with Gasteiger partial charge in [0.05, 0.1) is 7.05 Å². The van der Waals surface area contributed by atoms with Crippen molar-refractivity contribution in [2.45, 2.75) is 19.4 Å². The first-order chi connectivity index (χ1) is 12.5. The standard InChI is InChI=1S/C21H27N3O2/c1-16(18-7-5-4-6-8-18)13-23-20(25)15-24(3)14-17-9-11-19(12-10-17)21(26)22-2/h4-12,16H,13-15H2,1-3H3,(H,22,26)(H,23,25)/p+1/t16-/m0/s1. The Morgan fingerprint density at radius 2 is 1.69 bits per heavy atom. The van der Waals surface area contributed by atoms with E-state index in [1.165, 1.54) is 5.56 Å². The summed E-state index contributed by atoms with van der Waals surface area (Å²) in [6.07, 6.45) is 0. The van der Waals surface area contributed by atoms with E-state index in [4.69, 9.17) is 0 Å². The van der Waals surface area contributed by atoms with Crippen LogP contribution in [-0.2, 0) is 11.3 Å². The minimum atomic E-state index is -0.0934. The summed E-state index contributed by atoms with van der Waals surface area (Å²) in [5.41, 5.74) is 2.96. The Balaban J connectivity index is 1.77. The molecule has 0 fully saturated rings. The van der Waals surface area contributed by atoms with E-state index in [1.807, 2.05) is 49.5 Å². The van der Waals surface area contributed by atoms with Gasteiger partial charge in [0, 0.05) is 24.7 Å². The molecule has 2 rings (SSSR count). The zero-order valence-electron chi connectivity index (χ0n) is 15.7. The van der Waals surface area contributed by atoms with E-state index in [2.05, 4.69) is 29.7 Å². The smallest absolute Gasteiger partial charge is 0.275 e. The summed E-state index contributed by atoms with van der Waals surface area (Å²) in [6.45, 7) is 3.89. The van der Waals surface area contributed by atoms with E-state index in [-0.39, 0.29) is 17.7 Å². The normalized spacial score (nSPS) is 12.9. The highest BCUT2D eigenvalue weighted by atomic mass is 16.2. The number of hydrogen-bond acceptors (Lipinski definition) is 2. The molecule has 2 atom stereocenters. The fraction of sp³-hybridized carbons (Fsp3) is 0.333. The lowest BCUT2D eigenvalue weighted by atomic mass is 10.0. The van der Waals surface area contributed by atoms with Crippen LogP contribution >= 0.6 is 0 Å². The molecule has 1 unspecified atom stereocenters. The van der Waals surface area contributed by atoms with E-state index in [0.717, 1.165) is 17.0 Å². The van der Waals surface area contributed by atoms with Crippen LogP contribution in [0.2, 0.25) is 0 Å². The Morgan fingerprint density at radius 3 is 2.31 bits per heavy atom. The van der Waals surface area contributed by atoms with Crippen LogP contribution in [-0.4, -0.2) is 39.0 Å². The Kier molecular flexibility index (Phi) is 7.36. The number of hydrogen-bond donors (Lipinski definition) is 3. The van der Waals surface area contributed by atoms with Crippen molar-refractivity contribution < 1.29 is 14.5 Å². The average Bonchev–Trinajstić information content (AvgIpc) is 2.66. The predicted octanol–water partition coefficient (Wildman–Crippen LogP) is 0.981. The molecule has 0 aromatic heterocycles. The van der Waals surface area contributed by atoms with Crippen LogP contribution in [0, 0.1) is 0 Å². The van der Waals surface area contributed by atoms with Crippen molar-refractivity contribution in [2.24, 2.45) is 0 Å². The van der Waals surface area contributed by atoms with Crippen LogP contribution in [0.5, 0.6) is 0 Å². The predicted molar refractivity (Wildman–Crippen MR) is 103 cm³/mol. The molecule has 5 heteroatoms. The van der Waals surface area contributed by atoms with Gasteiger partial charge in [0.2, 0.25) is 0 Å². The number of carbonyl (C=O) groups is 2. The number of nitrogens with one attached hydrogen (secondary N) is 3. The van der Waals surface area contributed by atoms with Gasteiger partial charge in [-0.25, -0.2) is 0 Å². The summed E-state index contributed by atoms with van der Waals surface area (Å²) in [4.78, 5) is 24.8. The minimum absolute atomic E-state index is 0.0484. The third kappa shape index (κ3) is 6.01. The summed E-state index contributed by atoms with van der Waals surface area (Å²) < 4.78 is 0. The Morgan fingerprint density at radius 1 is 1.04 bits per heavy atom. The molecule has 0 heterocycles. The summed E-state index contributed by atoms with van der Waals surface area (Å²) in [7, 11) is 3.61. The molecule has 0 aliphatic carbocycles. The molecule has 26 heavy (non-hydrogen) atoms. The van der Waals surface area contributed by atoms with Gasteiger partial charge in [-0.15, -0.1) is 0 Å². The second-order valence-corrected chi connectivity index (χ2v) is 6.70. The minimum Gasteiger partial charge on any atom is -0.355 e. The monoisotopic (exact) mass is 354 g/mol. The fourth-order valence-electron chi connectivity index (χ4n) is 2.83. The van der Waals surface area contributed by atoms with E-state index < -0.39 is 0 Å². The van der Waals surface area contributed by atoms with Gasteiger partial charge in [-0.3, -0.25) is 9.59 Å². The maximum atomic E-state index is 12.2. The van der Waals surface area contributed by atoms with Crippen molar-refractivity contribution in [3.63, 3.8) is 0 Å². The van der Waals surface area contributed by atoms with Gasteiger partial charge < -0.3 is 15.5 Å². The lowest BCUT2D eigenvalue weighted by Crippen LogP contribution is -3.08. The molecule has 2 aromatic rings. The van der Waals surface area contributed by atoms with Crippen LogP contribution in [0.4, 0.5) is 0 Å². The van der Waals surface area contributed by atoms with E-state index in [1.54, 1.807) is 7.05 Å². The second kappa shape index (κ2) is 9.73. The number of benzene rings is 2. The maximum absolute atomic E-state index is 12.2. The van der Waals surface area contributed by atoms with Gasteiger partial charge in [-0.1, -0.05) is 49.4 Å². The van der Waals surface area contributed by atoms with Gasteiger partial charge in [0.15, 0.2) is 6.54 Å². The molecule has 0 saturated carbocycles. The molecule has 0 radical (unpaired) electrons. The number of rotatable bonds is 8. The number of likely N-dealkylation sites (N-methyl/N-ethyl adjacent to an activating group) is 1. The van der Waals surface area contributed by atoms with Gasteiger partial charge in [-0.2, -0.15) is 0 Å². The molecule has 2 aromatic carbocycles. The summed E-state index contributed by atoms with van der Waals surface area (Å²) in [5.74, 6) is 0.245. The van der Waals surface area contributed by atoms with Crippen molar-refractivity contribution in [3.05, 3.63) is 71.3 Å². The van der Waals surface area contributed by atoms with Crippen LogP contribution in [0.15, 0.2) is 54.6 Å². The molecule has 0 aliphatic rings. The molecule has 0 aliphatic heterocycles. The van der Waals surface area contributed by atoms with Crippen molar-refractivity contribution >= 4 is 11.8 Å². The highest BCUT2D eigenvalue weighted by molar-refractivity contribution is 5.93. The first kappa shape index (κ1) is 19.7.